The Kier molecular flexibility index (Phi) is 5.28. The molecule has 0 aliphatic carbocycles. The fraction of sp³-hybridized carbons (Fsp3) is 0.727. The van der Waals surface area contributed by atoms with Crippen LogP contribution in [0.2, 0.25) is 0 Å². The Morgan fingerprint density at radius 3 is 2.50 bits per heavy atom. The first-order valence-corrected chi connectivity index (χ1v) is 4.87. The summed E-state index contributed by atoms with van der Waals surface area (Å²) in [5.74, 6) is 0.523. The Balaban J connectivity index is 3.71. The quantitative estimate of drug-likeness (QED) is 0.505. The van der Waals surface area contributed by atoms with Crippen molar-refractivity contribution in [2.75, 3.05) is 6.61 Å². The highest BCUT2D eigenvalue weighted by atomic mass is 16.7. The molecule has 0 aliphatic heterocycles. The molecule has 0 saturated heterocycles. The van der Waals surface area contributed by atoms with Gasteiger partial charge < -0.3 is 9.47 Å². The van der Waals surface area contributed by atoms with Gasteiger partial charge in [-0.25, -0.2) is 4.79 Å². The minimum Gasteiger partial charge on any atom is -0.434 e. The van der Waals surface area contributed by atoms with E-state index in [2.05, 4.69) is 20.4 Å². The smallest absolute Gasteiger partial charge is 0.434 e. The van der Waals surface area contributed by atoms with Crippen molar-refractivity contribution in [1.29, 1.82) is 0 Å². The molecule has 0 amide bonds. The van der Waals surface area contributed by atoms with E-state index in [0.29, 0.717) is 12.5 Å². The number of carbonyl (C=O) groups is 1. The van der Waals surface area contributed by atoms with E-state index in [0.717, 1.165) is 6.42 Å². The van der Waals surface area contributed by atoms with Crippen molar-refractivity contribution in [3.05, 3.63) is 12.7 Å². The first kappa shape index (κ1) is 13.0. The van der Waals surface area contributed by atoms with Crippen molar-refractivity contribution in [2.24, 2.45) is 5.92 Å². The van der Waals surface area contributed by atoms with E-state index in [4.69, 9.17) is 9.47 Å². The summed E-state index contributed by atoms with van der Waals surface area (Å²) in [5.41, 5.74) is -0.658. The van der Waals surface area contributed by atoms with Gasteiger partial charge >= 0.3 is 6.16 Å². The minimum atomic E-state index is -0.658. The van der Waals surface area contributed by atoms with Gasteiger partial charge in [-0.1, -0.05) is 20.4 Å². The Hall–Kier alpha value is -0.990. The van der Waals surface area contributed by atoms with Crippen LogP contribution in [-0.4, -0.2) is 18.4 Å². The first-order valence-electron chi connectivity index (χ1n) is 4.87. The van der Waals surface area contributed by atoms with Gasteiger partial charge in [-0.2, -0.15) is 0 Å². The molecule has 0 unspecified atom stereocenters. The molecule has 0 aromatic rings. The summed E-state index contributed by atoms with van der Waals surface area (Å²) in [7, 11) is 0. The van der Waals surface area contributed by atoms with Crippen LogP contribution in [0.3, 0.4) is 0 Å². The van der Waals surface area contributed by atoms with Gasteiger partial charge in [0.2, 0.25) is 0 Å². The number of hydrogen-bond donors (Lipinski definition) is 0. The molecule has 3 heteroatoms. The normalized spacial score (nSPS) is 11.2. The molecule has 0 aromatic heterocycles. The number of rotatable bonds is 5. The molecule has 0 aromatic carbocycles. The SMILES string of the molecule is C=CC(C)(C)OC(=O)OCCC(C)C. The van der Waals surface area contributed by atoms with E-state index in [9.17, 15) is 4.79 Å². The van der Waals surface area contributed by atoms with Gasteiger partial charge in [0, 0.05) is 0 Å². The molecule has 14 heavy (non-hydrogen) atoms. The van der Waals surface area contributed by atoms with Crippen LogP contribution < -0.4 is 0 Å². The van der Waals surface area contributed by atoms with Crippen molar-refractivity contribution in [3.8, 4) is 0 Å². The molecule has 0 N–H and O–H groups in total. The predicted octanol–water partition coefficient (Wildman–Crippen LogP) is 3.15. The van der Waals surface area contributed by atoms with Crippen LogP contribution in [0.4, 0.5) is 4.79 Å². The van der Waals surface area contributed by atoms with Gasteiger partial charge in [0.25, 0.3) is 0 Å². The van der Waals surface area contributed by atoms with Crippen LogP contribution >= 0.6 is 0 Å². The largest absolute Gasteiger partial charge is 0.509 e. The number of hydrogen-bond acceptors (Lipinski definition) is 3. The van der Waals surface area contributed by atoms with Crippen LogP contribution in [0.5, 0.6) is 0 Å². The number of ether oxygens (including phenoxy) is 2. The lowest BCUT2D eigenvalue weighted by Gasteiger charge is -2.20. The third kappa shape index (κ3) is 6.52. The maximum Gasteiger partial charge on any atom is 0.509 e. The summed E-state index contributed by atoms with van der Waals surface area (Å²) in [4.78, 5) is 11.1. The molecule has 0 radical (unpaired) electrons. The molecule has 0 bridgehead atoms. The van der Waals surface area contributed by atoms with Crippen molar-refractivity contribution in [1.82, 2.24) is 0 Å². The van der Waals surface area contributed by atoms with E-state index in [1.165, 1.54) is 0 Å². The summed E-state index contributed by atoms with van der Waals surface area (Å²) in [6, 6.07) is 0. The summed E-state index contributed by atoms with van der Waals surface area (Å²) >= 11 is 0. The second kappa shape index (κ2) is 5.68. The average Bonchev–Trinajstić information content (AvgIpc) is 2.02. The van der Waals surface area contributed by atoms with Crippen LogP contribution in [0.25, 0.3) is 0 Å². The van der Waals surface area contributed by atoms with Gasteiger partial charge in [0.1, 0.15) is 5.60 Å². The molecule has 0 fully saturated rings. The van der Waals surface area contributed by atoms with Gasteiger partial charge in [-0.3, -0.25) is 0 Å². The van der Waals surface area contributed by atoms with Gasteiger partial charge in [-0.05, 0) is 32.3 Å². The molecule has 0 saturated carbocycles. The lowest BCUT2D eigenvalue weighted by Crippen LogP contribution is -2.26. The Labute approximate surface area is 86.1 Å². The maximum atomic E-state index is 11.1. The lowest BCUT2D eigenvalue weighted by molar-refractivity contribution is 0.00432. The van der Waals surface area contributed by atoms with E-state index in [1.54, 1.807) is 19.9 Å². The molecule has 3 nitrogen and oxygen atoms in total. The van der Waals surface area contributed by atoms with Gasteiger partial charge in [-0.15, -0.1) is 0 Å². The van der Waals surface area contributed by atoms with Crippen molar-refractivity contribution in [3.63, 3.8) is 0 Å². The Morgan fingerprint density at radius 1 is 1.50 bits per heavy atom. The predicted molar refractivity (Wildman–Crippen MR) is 56.2 cm³/mol. The molecule has 0 atom stereocenters. The molecule has 0 spiro atoms. The van der Waals surface area contributed by atoms with Crippen LogP contribution in [0.15, 0.2) is 12.7 Å². The standard InChI is InChI=1S/C11H20O3/c1-6-11(4,5)14-10(12)13-8-7-9(2)3/h6,9H,1,7-8H2,2-5H3. The van der Waals surface area contributed by atoms with Crippen molar-refractivity contribution < 1.29 is 14.3 Å². The molecule has 0 rings (SSSR count). The van der Waals surface area contributed by atoms with Crippen molar-refractivity contribution >= 4 is 6.16 Å². The zero-order valence-electron chi connectivity index (χ0n) is 9.50. The van der Waals surface area contributed by atoms with E-state index in [1.807, 2.05) is 0 Å². The Bertz CT molecular complexity index is 195. The third-order valence-corrected chi connectivity index (χ3v) is 1.75. The van der Waals surface area contributed by atoms with Gasteiger partial charge in [0.15, 0.2) is 0 Å². The summed E-state index contributed by atoms with van der Waals surface area (Å²) in [6.45, 7) is 11.6. The first-order chi connectivity index (χ1) is 6.37. The molecular weight excluding hydrogens is 180 g/mol. The van der Waals surface area contributed by atoms with E-state index in [-0.39, 0.29) is 0 Å². The zero-order chi connectivity index (χ0) is 11.2. The fourth-order valence-corrected chi connectivity index (χ4v) is 0.664. The lowest BCUT2D eigenvalue weighted by atomic mass is 10.1. The van der Waals surface area contributed by atoms with Crippen LogP contribution in [-0.2, 0) is 9.47 Å². The zero-order valence-corrected chi connectivity index (χ0v) is 9.50. The average molecular weight is 200 g/mol. The highest BCUT2D eigenvalue weighted by Gasteiger charge is 2.19. The highest BCUT2D eigenvalue weighted by Crippen LogP contribution is 2.11. The Morgan fingerprint density at radius 2 is 2.07 bits per heavy atom. The molecule has 0 heterocycles. The monoisotopic (exact) mass is 200 g/mol. The van der Waals surface area contributed by atoms with Gasteiger partial charge in [0.05, 0.1) is 6.61 Å². The summed E-state index contributed by atoms with van der Waals surface area (Å²) < 4.78 is 9.87. The van der Waals surface area contributed by atoms with Crippen molar-refractivity contribution in [2.45, 2.75) is 39.7 Å². The second-order valence-corrected chi connectivity index (χ2v) is 4.19. The topological polar surface area (TPSA) is 35.5 Å². The second-order valence-electron chi connectivity index (χ2n) is 4.19. The van der Waals surface area contributed by atoms with Crippen LogP contribution in [0, 0.1) is 5.92 Å². The third-order valence-electron chi connectivity index (χ3n) is 1.75. The molecule has 82 valence electrons. The minimum absolute atomic E-state index is 0.406. The summed E-state index contributed by atoms with van der Waals surface area (Å²) in [5, 5.41) is 0. The van der Waals surface area contributed by atoms with Crippen LogP contribution in [0.1, 0.15) is 34.1 Å². The molecule has 0 aliphatic rings. The maximum absolute atomic E-state index is 11.1. The number of carbonyl (C=O) groups excluding carboxylic acids is 1. The summed E-state index contributed by atoms with van der Waals surface area (Å²) in [6.07, 6.45) is 1.79. The molecular formula is C11H20O3. The van der Waals surface area contributed by atoms with E-state index < -0.39 is 11.8 Å². The highest BCUT2D eigenvalue weighted by molar-refractivity contribution is 5.60. The fourth-order valence-electron chi connectivity index (χ4n) is 0.664. The van der Waals surface area contributed by atoms with E-state index >= 15 is 0 Å².